The Hall–Kier alpha value is -1.37. The monoisotopic (exact) mass is 285 g/mol. The molecular formula is C18H27N3. The van der Waals surface area contributed by atoms with Crippen LogP contribution in [0.5, 0.6) is 0 Å². The number of hydrogen-bond acceptors (Lipinski definition) is 3. The molecule has 0 aliphatic carbocycles. The standard InChI is InChI=1S/C18H27N3/c1-15(2)20-18(13-19,17-9-5-4-6-10-17)14-21-11-7-8-16(3)12-21/h4-6,9-10,15-16,20H,7-8,11-12,14H2,1-3H3. The molecule has 2 rings (SSSR count). The lowest BCUT2D eigenvalue weighted by Gasteiger charge is -2.39. The summed E-state index contributed by atoms with van der Waals surface area (Å²) in [4.78, 5) is 2.44. The van der Waals surface area contributed by atoms with Gasteiger partial charge in [-0.05, 0) is 44.7 Å². The van der Waals surface area contributed by atoms with E-state index in [0.29, 0.717) is 0 Å². The highest BCUT2D eigenvalue weighted by Crippen LogP contribution is 2.25. The van der Waals surface area contributed by atoms with Gasteiger partial charge in [0.15, 0.2) is 0 Å². The van der Waals surface area contributed by atoms with Crippen LogP contribution < -0.4 is 5.32 Å². The van der Waals surface area contributed by atoms with Crippen molar-refractivity contribution in [3.8, 4) is 6.07 Å². The van der Waals surface area contributed by atoms with E-state index in [1.807, 2.05) is 18.2 Å². The smallest absolute Gasteiger partial charge is 0.145 e. The molecule has 1 aliphatic heterocycles. The summed E-state index contributed by atoms with van der Waals surface area (Å²) in [6.07, 6.45) is 2.54. The van der Waals surface area contributed by atoms with Gasteiger partial charge in [0.05, 0.1) is 6.07 Å². The molecule has 1 aromatic rings. The van der Waals surface area contributed by atoms with Crippen molar-refractivity contribution >= 4 is 0 Å². The summed E-state index contributed by atoms with van der Waals surface area (Å²) in [5.74, 6) is 0.727. The van der Waals surface area contributed by atoms with Crippen LogP contribution in [0.1, 0.15) is 39.2 Å². The quantitative estimate of drug-likeness (QED) is 0.903. The maximum Gasteiger partial charge on any atom is 0.145 e. The normalized spacial score (nSPS) is 22.7. The molecule has 1 fully saturated rings. The summed E-state index contributed by atoms with van der Waals surface area (Å²) >= 11 is 0. The van der Waals surface area contributed by atoms with E-state index in [1.54, 1.807) is 0 Å². The van der Waals surface area contributed by atoms with Gasteiger partial charge in [-0.2, -0.15) is 5.26 Å². The first-order chi connectivity index (χ1) is 10.1. The third kappa shape index (κ3) is 4.06. The van der Waals surface area contributed by atoms with Gasteiger partial charge in [-0.25, -0.2) is 0 Å². The second-order valence-electron chi connectivity index (χ2n) is 6.66. The lowest BCUT2D eigenvalue weighted by Crippen LogP contribution is -2.54. The molecule has 3 nitrogen and oxygen atoms in total. The molecule has 0 spiro atoms. The van der Waals surface area contributed by atoms with Gasteiger partial charge in [0.25, 0.3) is 0 Å². The first-order valence-corrected chi connectivity index (χ1v) is 8.02. The number of nitrogens with zero attached hydrogens (tertiary/aromatic N) is 2. The van der Waals surface area contributed by atoms with Gasteiger partial charge in [-0.1, -0.05) is 37.3 Å². The van der Waals surface area contributed by atoms with E-state index >= 15 is 0 Å². The van der Waals surface area contributed by atoms with Gasteiger partial charge in [-0.15, -0.1) is 0 Å². The lowest BCUT2D eigenvalue weighted by molar-refractivity contribution is 0.145. The number of nitriles is 1. The van der Waals surface area contributed by atoms with Gasteiger partial charge in [0.2, 0.25) is 0 Å². The summed E-state index contributed by atoms with van der Waals surface area (Å²) in [7, 11) is 0. The van der Waals surface area contributed by atoms with Crippen LogP contribution in [0.15, 0.2) is 30.3 Å². The second-order valence-corrected chi connectivity index (χ2v) is 6.66. The van der Waals surface area contributed by atoms with Gasteiger partial charge < -0.3 is 0 Å². The highest BCUT2D eigenvalue weighted by Gasteiger charge is 2.35. The Labute approximate surface area is 129 Å². The van der Waals surface area contributed by atoms with Crippen LogP contribution in [0.4, 0.5) is 0 Å². The molecule has 1 aliphatic rings. The minimum Gasteiger partial charge on any atom is -0.300 e. The zero-order chi connectivity index (χ0) is 15.3. The highest BCUT2D eigenvalue weighted by atomic mass is 15.2. The SMILES string of the molecule is CC1CCCN(CC(C#N)(NC(C)C)c2ccccc2)C1. The van der Waals surface area contributed by atoms with Crippen LogP contribution in [0.3, 0.4) is 0 Å². The fraction of sp³-hybridized carbons (Fsp3) is 0.611. The minimum absolute atomic E-state index is 0.270. The van der Waals surface area contributed by atoms with Crippen molar-refractivity contribution in [1.82, 2.24) is 10.2 Å². The number of hydrogen-bond donors (Lipinski definition) is 1. The molecule has 3 heteroatoms. The van der Waals surface area contributed by atoms with E-state index in [9.17, 15) is 5.26 Å². The summed E-state index contributed by atoms with van der Waals surface area (Å²) in [6.45, 7) is 9.47. The largest absolute Gasteiger partial charge is 0.300 e. The van der Waals surface area contributed by atoms with Crippen molar-refractivity contribution in [3.05, 3.63) is 35.9 Å². The molecule has 0 amide bonds. The molecule has 1 N–H and O–H groups in total. The predicted octanol–water partition coefficient (Wildman–Crippen LogP) is 3.14. The number of likely N-dealkylation sites (tertiary alicyclic amines) is 1. The van der Waals surface area contributed by atoms with E-state index in [4.69, 9.17) is 0 Å². The van der Waals surface area contributed by atoms with Gasteiger partial charge >= 0.3 is 0 Å². The van der Waals surface area contributed by atoms with Crippen LogP contribution >= 0.6 is 0 Å². The van der Waals surface area contributed by atoms with Crippen LogP contribution in [0.25, 0.3) is 0 Å². The zero-order valence-electron chi connectivity index (χ0n) is 13.5. The van der Waals surface area contributed by atoms with E-state index in [1.165, 1.54) is 12.8 Å². The van der Waals surface area contributed by atoms with Crippen molar-refractivity contribution in [1.29, 1.82) is 5.26 Å². The van der Waals surface area contributed by atoms with Crippen LogP contribution in [-0.2, 0) is 5.54 Å². The van der Waals surface area contributed by atoms with Gasteiger partial charge in [-0.3, -0.25) is 10.2 Å². The Morgan fingerprint density at radius 3 is 2.67 bits per heavy atom. The molecule has 1 aromatic carbocycles. The number of benzene rings is 1. The molecule has 114 valence electrons. The predicted molar refractivity (Wildman–Crippen MR) is 86.8 cm³/mol. The summed E-state index contributed by atoms with van der Waals surface area (Å²) in [6, 6.07) is 13.0. The third-order valence-corrected chi connectivity index (χ3v) is 4.19. The highest BCUT2D eigenvalue weighted by molar-refractivity contribution is 5.32. The Morgan fingerprint density at radius 1 is 1.38 bits per heavy atom. The molecule has 1 heterocycles. The van der Waals surface area contributed by atoms with Crippen molar-refractivity contribution in [2.75, 3.05) is 19.6 Å². The molecule has 1 saturated heterocycles. The summed E-state index contributed by atoms with van der Waals surface area (Å²) < 4.78 is 0. The Morgan fingerprint density at radius 2 is 2.10 bits per heavy atom. The third-order valence-electron chi connectivity index (χ3n) is 4.19. The fourth-order valence-corrected chi connectivity index (χ4v) is 3.33. The van der Waals surface area contributed by atoms with Crippen molar-refractivity contribution in [3.63, 3.8) is 0 Å². The minimum atomic E-state index is -0.619. The molecule has 2 unspecified atom stereocenters. The second kappa shape index (κ2) is 7.06. The lowest BCUT2D eigenvalue weighted by atomic mass is 9.88. The van der Waals surface area contributed by atoms with Crippen molar-refractivity contribution < 1.29 is 0 Å². The maximum atomic E-state index is 9.94. The van der Waals surface area contributed by atoms with Crippen molar-refractivity contribution in [2.24, 2.45) is 5.92 Å². The molecule has 0 saturated carbocycles. The molecule has 0 radical (unpaired) electrons. The number of rotatable bonds is 5. The Kier molecular flexibility index (Phi) is 5.39. The van der Waals surface area contributed by atoms with E-state index in [2.05, 4.69) is 49.2 Å². The van der Waals surface area contributed by atoms with Crippen LogP contribution in [0, 0.1) is 17.2 Å². The first-order valence-electron chi connectivity index (χ1n) is 8.02. The Bertz CT molecular complexity index is 477. The average molecular weight is 285 g/mol. The molecular weight excluding hydrogens is 258 g/mol. The molecule has 0 bridgehead atoms. The van der Waals surface area contributed by atoms with E-state index in [0.717, 1.165) is 31.1 Å². The van der Waals surface area contributed by atoms with Gasteiger partial charge in [0.1, 0.15) is 5.54 Å². The Balaban J connectivity index is 2.25. The van der Waals surface area contributed by atoms with E-state index in [-0.39, 0.29) is 6.04 Å². The number of nitrogens with one attached hydrogen (secondary N) is 1. The topological polar surface area (TPSA) is 39.1 Å². The number of piperidine rings is 1. The molecule has 21 heavy (non-hydrogen) atoms. The van der Waals surface area contributed by atoms with E-state index < -0.39 is 5.54 Å². The summed E-state index contributed by atoms with van der Waals surface area (Å²) in [5.41, 5.74) is 0.450. The molecule has 2 atom stereocenters. The van der Waals surface area contributed by atoms with Crippen LogP contribution in [-0.4, -0.2) is 30.6 Å². The zero-order valence-corrected chi connectivity index (χ0v) is 13.5. The molecule has 0 aromatic heterocycles. The first kappa shape index (κ1) is 16.0. The summed E-state index contributed by atoms with van der Waals surface area (Å²) in [5, 5.41) is 13.5. The van der Waals surface area contributed by atoms with Crippen LogP contribution in [0.2, 0.25) is 0 Å². The fourth-order valence-electron chi connectivity index (χ4n) is 3.33. The van der Waals surface area contributed by atoms with Crippen molar-refractivity contribution in [2.45, 2.75) is 45.2 Å². The van der Waals surface area contributed by atoms with Gasteiger partial charge in [0, 0.05) is 19.1 Å². The maximum absolute atomic E-state index is 9.94. The average Bonchev–Trinajstić information content (AvgIpc) is 2.47.